The molecule has 5 heteroatoms. The van der Waals surface area contributed by atoms with Crippen LogP contribution < -0.4 is 15.7 Å². The lowest BCUT2D eigenvalue weighted by Gasteiger charge is -2.25. The number of aliphatic carboxylic acids is 1. The zero-order valence-electron chi connectivity index (χ0n) is 12.1. The van der Waals surface area contributed by atoms with Crippen molar-refractivity contribution in [1.82, 2.24) is 5.32 Å². The van der Waals surface area contributed by atoms with Crippen molar-refractivity contribution in [3.8, 4) is 0 Å². The normalized spacial score (nSPS) is 13.3. The number of aryl methyl sites for hydroxylation is 1. The molecule has 0 aliphatic heterocycles. The van der Waals surface area contributed by atoms with Gasteiger partial charge in [-0.1, -0.05) is 39.3 Å². The fraction of sp³-hybridized carbons (Fsp3) is 0.467. The zero-order valence-corrected chi connectivity index (χ0v) is 12.1. The second-order valence-corrected chi connectivity index (χ2v) is 4.83. The smallest absolute Gasteiger partial charge is 0.319 e. The fourth-order valence-electron chi connectivity index (χ4n) is 1.80. The van der Waals surface area contributed by atoms with E-state index in [9.17, 15) is 14.7 Å². The van der Waals surface area contributed by atoms with Crippen LogP contribution in [0.4, 0.5) is 10.5 Å². The van der Waals surface area contributed by atoms with Crippen molar-refractivity contribution in [2.75, 3.05) is 5.32 Å². The van der Waals surface area contributed by atoms with Gasteiger partial charge >= 0.3 is 6.03 Å². The highest BCUT2D eigenvalue weighted by atomic mass is 16.4. The summed E-state index contributed by atoms with van der Waals surface area (Å²) in [4.78, 5) is 22.8. The molecule has 0 bridgehead atoms. The number of anilines is 1. The van der Waals surface area contributed by atoms with Crippen LogP contribution in [0, 0.1) is 5.92 Å². The zero-order chi connectivity index (χ0) is 15.1. The van der Waals surface area contributed by atoms with Crippen LogP contribution in [-0.2, 0) is 11.2 Å². The largest absolute Gasteiger partial charge is 0.548 e. The quantitative estimate of drug-likeness (QED) is 0.827. The first-order chi connectivity index (χ1) is 9.47. The van der Waals surface area contributed by atoms with Gasteiger partial charge in [-0.2, -0.15) is 0 Å². The first kappa shape index (κ1) is 16.0. The Morgan fingerprint density at radius 1 is 1.20 bits per heavy atom. The summed E-state index contributed by atoms with van der Waals surface area (Å²) in [7, 11) is 0. The molecule has 2 amide bonds. The van der Waals surface area contributed by atoms with E-state index in [4.69, 9.17) is 0 Å². The number of urea groups is 1. The van der Waals surface area contributed by atoms with E-state index in [0.29, 0.717) is 12.1 Å². The Morgan fingerprint density at radius 3 is 2.25 bits per heavy atom. The molecule has 110 valence electrons. The van der Waals surface area contributed by atoms with Crippen molar-refractivity contribution in [3.05, 3.63) is 29.8 Å². The summed E-state index contributed by atoms with van der Waals surface area (Å²) < 4.78 is 0. The Balaban J connectivity index is 2.63. The number of carboxylic acids is 1. The number of carbonyl (C=O) groups excluding carboxylic acids is 2. The Labute approximate surface area is 119 Å². The minimum atomic E-state index is -1.27. The second-order valence-electron chi connectivity index (χ2n) is 4.83. The van der Waals surface area contributed by atoms with E-state index in [2.05, 4.69) is 10.6 Å². The number of amides is 2. The number of benzene rings is 1. The molecule has 0 aromatic heterocycles. The molecule has 2 N–H and O–H groups in total. The van der Waals surface area contributed by atoms with Crippen molar-refractivity contribution in [3.63, 3.8) is 0 Å². The van der Waals surface area contributed by atoms with Gasteiger partial charge in [0.2, 0.25) is 0 Å². The van der Waals surface area contributed by atoms with Crippen LogP contribution in [0.2, 0.25) is 0 Å². The van der Waals surface area contributed by atoms with Gasteiger partial charge in [-0.3, -0.25) is 0 Å². The molecule has 1 aromatic rings. The number of carbonyl (C=O) groups is 2. The number of hydrogen-bond acceptors (Lipinski definition) is 3. The first-order valence-electron chi connectivity index (χ1n) is 6.85. The highest BCUT2D eigenvalue weighted by Crippen LogP contribution is 2.11. The van der Waals surface area contributed by atoms with Crippen molar-refractivity contribution in [2.45, 2.75) is 39.7 Å². The van der Waals surface area contributed by atoms with Crippen LogP contribution >= 0.6 is 0 Å². The molecule has 2 atom stereocenters. The van der Waals surface area contributed by atoms with Gasteiger partial charge in [-0.25, -0.2) is 4.79 Å². The highest BCUT2D eigenvalue weighted by Gasteiger charge is 2.19. The molecule has 1 aromatic carbocycles. The molecular formula is C15H21N2O3-. The standard InChI is InChI=1S/C15H22N2O3/c1-4-10(3)13(14(18)19)17-15(20)16-12-8-6-11(5-2)7-9-12/h6-10,13H,4-5H2,1-3H3,(H,18,19)(H2,16,17,20)/p-1/t10-,13+/m1/s1. The highest BCUT2D eigenvalue weighted by molar-refractivity contribution is 5.92. The maximum absolute atomic E-state index is 11.8. The molecule has 5 nitrogen and oxygen atoms in total. The summed E-state index contributed by atoms with van der Waals surface area (Å²) in [5, 5.41) is 16.1. The molecule has 1 rings (SSSR count). The van der Waals surface area contributed by atoms with Crippen molar-refractivity contribution in [1.29, 1.82) is 0 Å². The van der Waals surface area contributed by atoms with E-state index >= 15 is 0 Å². The van der Waals surface area contributed by atoms with Crippen LogP contribution in [0.15, 0.2) is 24.3 Å². The molecule has 0 unspecified atom stereocenters. The van der Waals surface area contributed by atoms with Gasteiger partial charge in [-0.05, 0) is 30.0 Å². The molecular weight excluding hydrogens is 256 g/mol. The summed E-state index contributed by atoms with van der Waals surface area (Å²) in [5.41, 5.74) is 1.80. The number of carboxylic acid groups (broad SMARTS) is 1. The summed E-state index contributed by atoms with van der Waals surface area (Å²) >= 11 is 0. The van der Waals surface area contributed by atoms with Gasteiger partial charge < -0.3 is 20.5 Å². The Kier molecular flexibility index (Phi) is 6.03. The van der Waals surface area contributed by atoms with Crippen LogP contribution in [0.1, 0.15) is 32.8 Å². The molecule has 0 aliphatic carbocycles. The van der Waals surface area contributed by atoms with Gasteiger partial charge in [-0.15, -0.1) is 0 Å². The monoisotopic (exact) mass is 277 g/mol. The number of rotatable bonds is 6. The summed E-state index contributed by atoms with van der Waals surface area (Å²) in [6, 6.07) is 5.88. The average molecular weight is 277 g/mol. The molecule has 0 saturated heterocycles. The molecule has 0 aliphatic rings. The maximum Gasteiger partial charge on any atom is 0.319 e. The van der Waals surface area contributed by atoms with Gasteiger partial charge in [0, 0.05) is 5.69 Å². The van der Waals surface area contributed by atoms with Crippen LogP contribution in [0.5, 0.6) is 0 Å². The Hall–Kier alpha value is -2.04. The van der Waals surface area contributed by atoms with Crippen molar-refractivity contribution in [2.24, 2.45) is 5.92 Å². The van der Waals surface area contributed by atoms with Gasteiger partial charge in [0.1, 0.15) is 0 Å². The van der Waals surface area contributed by atoms with E-state index in [-0.39, 0.29) is 5.92 Å². The lowest BCUT2D eigenvalue weighted by molar-refractivity contribution is -0.309. The van der Waals surface area contributed by atoms with E-state index in [0.717, 1.165) is 6.42 Å². The molecule has 0 saturated carbocycles. The summed E-state index contributed by atoms with van der Waals surface area (Å²) in [6.45, 7) is 5.67. The van der Waals surface area contributed by atoms with Crippen molar-refractivity contribution >= 4 is 17.7 Å². The van der Waals surface area contributed by atoms with Crippen molar-refractivity contribution < 1.29 is 14.7 Å². The third kappa shape index (κ3) is 4.57. The van der Waals surface area contributed by atoms with E-state index in [1.807, 2.05) is 26.0 Å². The SMILES string of the molecule is CCc1ccc(NC(=O)N[C@H](C(=O)[O-])[C@H](C)CC)cc1. The number of hydrogen-bond donors (Lipinski definition) is 2. The Morgan fingerprint density at radius 2 is 1.80 bits per heavy atom. The van der Waals surface area contributed by atoms with Crippen LogP contribution in [0.25, 0.3) is 0 Å². The predicted molar refractivity (Wildman–Crippen MR) is 76.2 cm³/mol. The third-order valence-electron chi connectivity index (χ3n) is 3.37. The summed E-state index contributed by atoms with van der Waals surface area (Å²) in [5.74, 6) is -1.45. The predicted octanol–water partition coefficient (Wildman–Crippen LogP) is 1.54. The third-order valence-corrected chi connectivity index (χ3v) is 3.37. The minimum absolute atomic E-state index is 0.187. The second kappa shape index (κ2) is 7.53. The summed E-state index contributed by atoms with van der Waals surface area (Å²) in [6.07, 6.45) is 1.57. The van der Waals surface area contributed by atoms with E-state index in [1.54, 1.807) is 19.1 Å². The fourth-order valence-corrected chi connectivity index (χ4v) is 1.80. The first-order valence-corrected chi connectivity index (χ1v) is 6.85. The molecule has 0 fully saturated rings. The molecule has 0 radical (unpaired) electrons. The topological polar surface area (TPSA) is 81.3 Å². The minimum Gasteiger partial charge on any atom is -0.548 e. The van der Waals surface area contributed by atoms with Crippen LogP contribution in [0.3, 0.4) is 0 Å². The van der Waals surface area contributed by atoms with Gasteiger partial charge in [0.05, 0.1) is 12.0 Å². The molecule has 0 heterocycles. The molecule has 20 heavy (non-hydrogen) atoms. The number of nitrogens with one attached hydrogen (secondary N) is 2. The maximum atomic E-state index is 11.8. The lowest BCUT2D eigenvalue weighted by Crippen LogP contribution is -2.52. The molecule has 0 spiro atoms. The van der Waals surface area contributed by atoms with Gasteiger partial charge in [0.15, 0.2) is 0 Å². The van der Waals surface area contributed by atoms with E-state index < -0.39 is 18.0 Å². The van der Waals surface area contributed by atoms with Gasteiger partial charge in [0.25, 0.3) is 0 Å². The van der Waals surface area contributed by atoms with Crippen LogP contribution in [-0.4, -0.2) is 18.0 Å². The lowest BCUT2D eigenvalue weighted by atomic mass is 9.99. The van der Waals surface area contributed by atoms with E-state index in [1.165, 1.54) is 5.56 Å². The average Bonchev–Trinajstić information content (AvgIpc) is 2.44. The Bertz CT molecular complexity index is 457.